The van der Waals surface area contributed by atoms with Crippen molar-refractivity contribution in [2.45, 2.75) is 25.3 Å². The van der Waals surface area contributed by atoms with E-state index in [-0.39, 0.29) is 0 Å². The van der Waals surface area contributed by atoms with Crippen molar-refractivity contribution in [2.75, 3.05) is 18.4 Å². The lowest BCUT2D eigenvalue weighted by molar-refractivity contribution is 0.414. The number of anilines is 1. The van der Waals surface area contributed by atoms with Crippen molar-refractivity contribution in [2.24, 2.45) is 0 Å². The molecule has 1 aromatic rings. The molecule has 15 heavy (non-hydrogen) atoms. The first kappa shape index (κ1) is 10.9. The molecule has 82 valence electrons. The summed E-state index contributed by atoms with van der Waals surface area (Å²) in [5, 5.41) is 6.87. The van der Waals surface area contributed by atoms with Gasteiger partial charge < -0.3 is 10.6 Å². The summed E-state index contributed by atoms with van der Waals surface area (Å²) in [6.45, 7) is 2.10. The minimum Gasteiger partial charge on any atom is -0.368 e. The summed E-state index contributed by atoms with van der Waals surface area (Å²) >= 11 is 3.48. The normalized spacial score (nSPS) is 21.3. The van der Waals surface area contributed by atoms with Gasteiger partial charge in [0.1, 0.15) is 5.82 Å². The first-order valence-corrected chi connectivity index (χ1v) is 6.23. The maximum atomic E-state index is 4.28. The van der Waals surface area contributed by atoms with Crippen LogP contribution in [0.15, 0.2) is 22.8 Å². The summed E-state index contributed by atoms with van der Waals surface area (Å²) < 4.78 is 1.03. The van der Waals surface area contributed by atoms with E-state index in [1.807, 2.05) is 12.1 Å². The van der Waals surface area contributed by atoms with E-state index < -0.39 is 0 Å². The zero-order valence-electron chi connectivity index (χ0n) is 8.67. The molecule has 2 rings (SSSR count). The molecule has 1 unspecified atom stereocenters. The largest absolute Gasteiger partial charge is 0.368 e. The average molecular weight is 270 g/mol. The first-order valence-electron chi connectivity index (χ1n) is 5.44. The Hall–Kier alpha value is -0.610. The van der Waals surface area contributed by atoms with E-state index in [2.05, 4.69) is 31.5 Å². The minimum atomic E-state index is 0.590. The maximum absolute atomic E-state index is 4.28. The molecule has 1 aliphatic rings. The molecular formula is C11H16BrN3. The van der Waals surface area contributed by atoms with Crippen LogP contribution in [-0.2, 0) is 0 Å². The smallest absolute Gasteiger partial charge is 0.140 e. The second-order valence-corrected chi connectivity index (χ2v) is 4.72. The molecule has 2 N–H and O–H groups in total. The highest BCUT2D eigenvalue weighted by molar-refractivity contribution is 9.10. The van der Waals surface area contributed by atoms with Gasteiger partial charge in [0.2, 0.25) is 0 Å². The molecule has 1 saturated heterocycles. The van der Waals surface area contributed by atoms with E-state index in [1.165, 1.54) is 19.3 Å². The SMILES string of the molecule is Brc1cccnc1NCC1CCCCN1. The number of nitrogens with one attached hydrogen (secondary N) is 2. The molecule has 4 heteroatoms. The molecule has 0 aliphatic carbocycles. The van der Waals surface area contributed by atoms with Gasteiger partial charge in [0.25, 0.3) is 0 Å². The van der Waals surface area contributed by atoms with Crippen molar-refractivity contribution in [3.63, 3.8) is 0 Å². The molecule has 0 radical (unpaired) electrons. The lowest BCUT2D eigenvalue weighted by Crippen LogP contribution is -2.39. The Morgan fingerprint density at radius 1 is 1.53 bits per heavy atom. The molecule has 1 fully saturated rings. The fourth-order valence-electron chi connectivity index (χ4n) is 1.83. The molecular weight excluding hydrogens is 254 g/mol. The summed E-state index contributed by atoms with van der Waals surface area (Å²) in [5.41, 5.74) is 0. The monoisotopic (exact) mass is 269 g/mol. The fraction of sp³-hybridized carbons (Fsp3) is 0.545. The van der Waals surface area contributed by atoms with Crippen LogP contribution in [0.25, 0.3) is 0 Å². The Bertz CT molecular complexity index is 310. The van der Waals surface area contributed by atoms with Crippen LogP contribution in [0, 0.1) is 0 Å². The standard InChI is InChI=1S/C11H16BrN3/c12-10-5-3-7-14-11(10)15-8-9-4-1-2-6-13-9/h3,5,7,9,13H,1-2,4,6,8H2,(H,14,15). The van der Waals surface area contributed by atoms with Gasteiger partial charge in [0.05, 0.1) is 4.47 Å². The molecule has 1 aromatic heterocycles. The van der Waals surface area contributed by atoms with Gasteiger partial charge >= 0.3 is 0 Å². The first-order chi connectivity index (χ1) is 7.36. The van der Waals surface area contributed by atoms with Crippen LogP contribution < -0.4 is 10.6 Å². The fourth-order valence-corrected chi connectivity index (χ4v) is 2.23. The van der Waals surface area contributed by atoms with Gasteiger partial charge in [-0.05, 0) is 47.4 Å². The molecule has 0 spiro atoms. The van der Waals surface area contributed by atoms with E-state index in [0.717, 1.165) is 23.4 Å². The number of nitrogens with zero attached hydrogens (tertiary/aromatic N) is 1. The Kier molecular flexibility index (Phi) is 3.97. The van der Waals surface area contributed by atoms with E-state index >= 15 is 0 Å². The maximum Gasteiger partial charge on any atom is 0.140 e. The van der Waals surface area contributed by atoms with Gasteiger partial charge in [-0.1, -0.05) is 6.42 Å². The van der Waals surface area contributed by atoms with E-state index in [1.54, 1.807) is 6.20 Å². The third-order valence-corrected chi connectivity index (χ3v) is 3.33. The summed E-state index contributed by atoms with van der Waals surface area (Å²) in [7, 11) is 0. The zero-order chi connectivity index (χ0) is 10.5. The van der Waals surface area contributed by atoms with Crippen LogP contribution in [0.4, 0.5) is 5.82 Å². The van der Waals surface area contributed by atoms with Gasteiger partial charge in [-0.25, -0.2) is 4.98 Å². The number of hydrogen-bond donors (Lipinski definition) is 2. The third-order valence-electron chi connectivity index (χ3n) is 2.69. The van der Waals surface area contributed by atoms with Gasteiger partial charge in [-0.3, -0.25) is 0 Å². The molecule has 1 aliphatic heterocycles. The third kappa shape index (κ3) is 3.18. The van der Waals surface area contributed by atoms with Crippen molar-refractivity contribution < 1.29 is 0 Å². The number of hydrogen-bond acceptors (Lipinski definition) is 3. The summed E-state index contributed by atoms with van der Waals surface area (Å²) in [4.78, 5) is 4.28. The van der Waals surface area contributed by atoms with Gasteiger partial charge in [-0.15, -0.1) is 0 Å². The van der Waals surface area contributed by atoms with Crippen molar-refractivity contribution in [1.82, 2.24) is 10.3 Å². The topological polar surface area (TPSA) is 37.0 Å². The minimum absolute atomic E-state index is 0.590. The number of rotatable bonds is 3. The number of aromatic nitrogens is 1. The zero-order valence-corrected chi connectivity index (χ0v) is 10.3. The van der Waals surface area contributed by atoms with Crippen molar-refractivity contribution in [3.05, 3.63) is 22.8 Å². The molecule has 0 aromatic carbocycles. The molecule has 0 saturated carbocycles. The second-order valence-electron chi connectivity index (χ2n) is 3.86. The van der Waals surface area contributed by atoms with Crippen LogP contribution in [0.3, 0.4) is 0 Å². The average Bonchev–Trinajstić information content (AvgIpc) is 2.29. The van der Waals surface area contributed by atoms with Crippen LogP contribution in [0.5, 0.6) is 0 Å². The molecule has 1 atom stereocenters. The predicted octanol–water partition coefficient (Wildman–Crippen LogP) is 2.40. The van der Waals surface area contributed by atoms with Gasteiger partial charge in [0.15, 0.2) is 0 Å². The Morgan fingerprint density at radius 3 is 3.20 bits per heavy atom. The highest BCUT2D eigenvalue weighted by Crippen LogP contribution is 2.18. The molecule has 2 heterocycles. The Labute approximate surface area is 98.8 Å². The summed E-state index contributed by atoms with van der Waals surface area (Å²) in [6, 6.07) is 4.52. The van der Waals surface area contributed by atoms with Crippen molar-refractivity contribution in [1.29, 1.82) is 0 Å². The summed E-state index contributed by atoms with van der Waals surface area (Å²) in [5.74, 6) is 0.935. The Balaban J connectivity index is 1.84. The van der Waals surface area contributed by atoms with Crippen LogP contribution in [-0.4, -0.2) is 24.1 Å². The summed E-state index contributed by atoms with van der Waals surface area (Å²) in [6.07, 6.45) is 5.71. The van der Waals surface area contributed by atoms with Crippen molar-refractivity contribution >= 4 is 21.7 Å². The van der Waals surface area contributed by atoms with Crippen LogP contribution in [0.2, 0.25) is 0 Å². The predicted molar refractivity (Wildman–Crippen MR) is 66.1 cm³/mol. The molecule has 3 nitrogen and oxygen atoms in total. The lowest BCUT2D eigenvalue weighted by Gasteiger charge is -2.23. The Morgan fingerprint density at radius 2 is 2.47 bits per heavy atom. The quantitative estimate of drug-likeness (QED) is 0.885. The van der Waals surface area contributed by atoms with Gasteiger partial charge in [-0.2, -0.15) is 0 Å². The lowest BCUT2D eigenvalue weighted by atomic mass is 10.1. The van der Waals surface area contributed by atoms with E-state index in [4.69, 9.17) is 0 Å². The molecule has 0 amide bonds. The van der Waals surface area contributed by atoms with Gasteiger partial charge in [0, 0.05) is 18.8 Å². The number of halogens is 1. The van der Waals surface area contributed by atoms with E-state index in [0.29, 0.717) is 6.04 Å². The highest BCUT2D eigenvalue weighted by atomic mass is 79.9. The number of piperidine rings is 1. The van der Waals surface area contributed by atoms with Crippen LogP contribution >= 0.6 is 15.9 Å². The molecule has 0 bridgehead atoms. The van der Waals surface area contributed by atoms with E-state index in [9.17, 15) is 0 Å². The second kappa shape index (κ2) is 5.47. The van der Waals surface area contributed by atoms with Crippen molar-refractivity contribution in [3.8, 4) is 0 Å². The highest BCUT2D eigenvalue weighted by Gasteiger charge is 2.12. The van der Waals surface area contributed by atoms with Crippen LogP contribution in [0.1, 0.15) is 19.3 Å². The number of pyridine rings is 1.